The van der Waals surface area contributed by atoms with Crippen LogP contribution >= 0.6 is 0 Å². The van der Waals surface area contributed by atoms with Gasteiger partial charge in [0.25, 0.3) is 0 Å². The number of nitrogens with two attached hydrogens (primary N) is 1. The van der Waals surface area contributed by atoms with E-state index >= 15 is 0 Å². The minimum Gasteiger partial charge on any atom is -0.377 e. The molecule has 0 aromatic carbocycles. The van der Waals surface area contributed by atoms with Gasteiger partial charge in [-0.3, -0.25) is 0 Å². The Morgan fingerprint density at radius 2 is 2.06 bits per heavy atom. The highest BCUT2D eigenvalue weighted by molar-refractivity contribution is 5.20. The molecule has 3 nitrogen and oxygen atoms in total. The molecule has 1 heterocycles. The van der Waals surface area contributed by atoms with Crippen molar-refractivity contribution in [3.8, 4) is 0 Å². The number of hydrogen-bond acceptors (Lipinski definition) is 3. The van der Waals surface area contributed by atoms with Gasteiger partial charge in [-0.1, -0.05) is 27.7 Å². The third-order valence-electron chi connectivity index (χ3n) is 5.37. The molecule has 1 aliphatic heterocycles. The highest BCUT2D eigenvalue weighted by Crippen LogP contribution is 2.57. The summed E-state index contributed by atoms with van der Waals surface area (Å²) in [6, 6.07) is 0. The first kappa shape index (κ1) is 14.3. The molecule has 2 rings (SSSR count). The number of rotatable bonds is 5. The van der Waals surface area contributed by atoms with Crippen LogP contribution in [0.5, 0.6) is 0 Å². The predicted octanol–water partition coefficient (Wildman–Crippen LogP) is 2.25. The van der Waals surface area contributed by atoms with E-state index in [9.17, 15) is 0 Å². The maximum Gasteiger partial charge on any atom is 0.0690 e. The molecule has 18 heavy (non-hydrogen) atoms. The summed E-state index contributed by atoms with van der Waals surface area (Å²) in [5.41, 5.74) is 6.86. The lowest BCUT2D eigenvalue weighted by atomic mass is 9.46. The van der Waals surface area contributed by atoms with Crippen molar-refractivity contribution in [1.82, 2.24) is 4.90 Å². The fourth-order valence-corrected chi connectivity index (χ4v) is 4.02. The molecule has 3 heteroatoms. The zero-order chi connectivity index (χ0) is 13.4. The molecule has 0 radical (unpaired) electrons. The van der Waals surface area contributed by atoms with Gasteiger partial charge in [0.2, 0.25) is 0 Å². The smallest absolute Gasteiger partial charge is 0.0690 e. The van der Waals surface area contributed by atoms with Crippen LogP contribution in [0.1, 0.15) is 47.0 Å². The third kappa shape index (κ3) is 2.00. The van der Waals surface area contributed by atoms with Crippen LogP contribution in [-0.2, 0) is 4.74 Å². The first-order valence-electron chi connectivity index (χ1n) is 7.60. The molecule has 1 aliphatic carbocycles. The molecular formula is C15H30N2O. The Kier molecular flexibility index (Phi) is 4.05. The van der Waals surface area contributed by atoms with Crippen molar-refractivity contribution in [3.05, 3.63) is 0 Å². The van der Waals surface area contributed by atoms with E-state index in [0.717, 1.165) is 26.2 Å². The molecule has 0 aromatic heterocycles. The molecule has 3 unspecified atom stereocenters. The number of ether oxygens (including phenoxy) is 1. The SMILES string of the molecule is CCCN(CC)CC1(N)C2CCCOC2C1(C)C. The summed E-state index contributed by atoms with van der Waals surface area (Å²) in [6.45, 7) is 13.3. The Morgan fingerprint density at radius 1 is 1.33 bits per heavy atom. The molecule has 0 amide bonds. The van der Waals surface area contributed by atoms with E-state index in [1.807, 2.05) is 0 Å². The van der Waals surface area contributed by atoms with Gasteiger partial charge in [-0.25, -0.2) is 0 Å². The number of fused-ring (bicyclic) bond motifs is 1. The van der Waals surface area contributed by atoms with Crippen molar-refractivity contribution < 1.29 is 4.74 Å². The summed E-state index contributed by atoms with van der Waals surface area (Å²) >= 11 is 0. The third-order valence-corrected chi connectivity index (χ3v) is 5.37. The summed E-state index contributed by atoms with van der Waals surface area (Å²) in [5, 5.41) is 0. The monoisotopic (exact) mass is 254 g/mol. The molecule has 106 valence electrons. The van der Waals surface area contributed by atoms with Gasteiger partial charge in [0.1, 0.15) is 0 Å². The van der Waals surface area contributed by atoms with Crippen LogP contribution in [0.25, 0.3) is 0 Å². The molecule has 1 saturated heterocycles. The van der Waals surface area contributed by atoms with Gasteiger partial charge in [-0.2, -0.15) is 0 Å². The van der Waals surface area contributed by atoms with E-state index in [0.29, 0.717) is 12.0 Å². The van der Waals surface area contributed by atoms with E-state index in [4.69, 9.17) is 10.5 Å². The van der Waals surface area contributed by atoms with Crippen LogP contribution in [0.15, 0.2) is 0 Å². The lowest BCUT2D eigenvalue weighted by molar-refractivity contribution is -0.231. The van der Waals surface area contributed by atoms with Crippen molar-refractivity contribution in [2.45, 2.75) is 58.6 Å². The summed E-state index contributed by atoms with van der Waals surface area (Å²) in [7, 11) is 0. The van der Waals surface area contributed by atoms with Crippen molar-refractivity contribution >= 4 is 0 Å². The first-order chi connectivity index (χ1) is 8.47. The summed E-state index contributed by atoms with van der Waals surface area (Å²) in [6.07, 6.45) is 4.01. The van der Waals surface area contributed by atoms with Crippen LogP contribution in [-0.4, -0.2) is 42.8 Å². The topological polar surface area (TPSA) is 38.5 Å². The summed E-state index contributed by atoms with van der Waals surface area (Å²) in [5.74, 6) is 0.562. The Balaban J connectivity index is 2.08. The molecule has 0 bridgehead atoms. The van der Waals surface area contributed by atoms with Crippen molar-refractivity contribution in [3.63, 3.8) is 0 Å². The van der Waals surface area contributed by atoms with Crippen molar-refractivity contribution in [1.29, 1.82) is 0 Å². The zero-order valence-electron chi connectivity index (χ0n) is 12.5. The molecule has 0 spiro atoms. The normalized spacial score (nSPS) is 38.3. The standard InChI is InChI=1S/C15H30N2O/c1-5-9-17(6-2)11-15(16)12-8-7-10-18-13(12)14(15,3)4/h12-13H,5-11,16H2,1-4H3. The average Bonchev–Trinajstić information content (AvgIpc) is 2.38. The highest BCUT2D eigenvalue weighted by Gasteiger charge is 2.66. The Hall–Kier alpha value is -0.120. The fourth-order valence-electron chi connectivity index (χ4n) is 4.02. The second-order valence-electron chi connectivity index (χ2n) is 6.67. The molecule has 2 N–H and O–H groups in total. The second kappa shape index (κ2) is 5.10. The lowest BCUT2D eigenvalue weighted by Crippen LogP contribution is -2.80. The van der Waals surface area contributed by atoms with Gasteiger partial charge in [-0.15, -0.1) is 0 Å². The fraction of sp³-hybridized carbons (Fsp3) is 1.00. The van der Waals surface area contributed by atoms with Gasteiger partial charge >= 0.3 is 0 Å². The quantitative estimate of drug-likeness (QED) is 0.818. The van der Waals surface area contributed by atoms with E-state index in [2.05, 4.69) is 32.6 Å². The maximum atomic E-state index is 6.82. The largest absolute Gasteiger partial charge is 0.377 e. The maximum absolute atomic E-state index is 6.82. The van der Waals surface area contributed by atoms with E-state index < -0.39 is 0 Å². The first-order valence-corrected chi connectivity index (χ1v) is 7.60. The van der Waals surface area contributed by atoms with Crippen LogP contribution in [0, 0.1) is 11.3 Å². The van der Waals surface area contributed by atoms with Gasteiger partial charge in [-0.05, 0) is 32.4 Å². The molecule has 2 aliphatic rings. The minimum atomic E-state index is -0.0662. The van der Waals surface area contributed by atoms with Crippen LogP contribution in [0.3, 0.4) is 0 Å². The lowest BCUT2D eigenvalue weighted by Gasteiger charge is -2.67. The second-order valence-corrected chi connectivity index (χ2v) is 6.67. The molecule has 1 saturated carbocycles. The van der Waals surface area contributed by atoms with E-state index in [1.165, 1.54) is 19.3 Å². The number of hydrogen-bond donors (Lipinski definition) is 1. The Morgan fingerprint density at radius 3 is 2.67 bits per heavy atom. The van der Waals surface area contributed by atoms with Crippen LogP contribution in [0.2, 0.25) is 0 Å². The van der Waals surface area contributed by atoms with Gasteiger partial charge in [0.15, 0.2) is 0 Å². The zero-order valence-corrected chi connectivity index (χ0v) is 12.5. The summed E-state index contributed by atoms with van der Waals surface area (Å²) < 4.78 is 5.96. The number of nitrogens with zero attached hydrogens (tertiary/aromatic N) is 1. The average molecular weight is 254 g/mol. The van der Waals surface area contributed by atoms with E-state index in [1.54, 1.807) is 0 Å². The minimum absolute atomic E-state index is 0.0662. The van der Waals surface area contributed by atoms with Crippen LogP contribution < -0.4 is 5.73 Å². The highest BCUT2D eigenvalue weighted by atomic mass is 16.5. The van der Waals surface area contributed by atoms with Crippen LogP contribution in [0.4, 0.5) is 0 Å². The van der Waals surface area contributed by atoms with Crippen molar-refractivity contribution in [2.75, 3.05) is 26.2 Å². The van der Waals surface area contributed by atoms with E-state index in [-0.39, 0.29) is 11.0 Å². The van der Waals surface area contributed by atoms with Gasteiger partial charge < -0.3 is 15.4 Å². The predicted molar refractivity (Wildman–Crippen MR) is 75.6 cm³/mol. The summed E-state index contributed by atoms with van der Waals surface area (Å²) in [4.78, 5) is 2.51. The Labute approximate surface area is 112 Å². The Bertz CT molecular complexity index is 292. The van der Waals surface area contributed by atoms with Crippen molar-refractivity contribution in [2.24, 2.45) is 17.1 Å². The molecular weight excluding hydrogens is 224 g/mol. The van der Waals surface area contributed by atoms with Gasteiger partial charge in [0.05, 0.1) is 6.10 Å². The molecule has 0 aromatic rings. The molecule has 2 fully saturated rings. The molecule has 3 atom stereocenters. The van der Waals surface area contributed by atoms with Gasteiger partial charge in [0, 0.05) is 30.0 Å². The number of likely N-dealkylation sites (N-methyl/N-ethyl adjacent to an activating group) is 1.